The summed E-state index contributed by atoms with van der Waals surface area (Å²) in [6, 6.07) is 9.20. The van der Waals surface area contributed by atoms with Crippen LogP contribution in [-0.2, 0) is 4.79 Å². The molecule has 29 heavy (non-hydrogen) atoms. The first-order chi connectivity index (χ1) is 13.5. The third kappa shape index (κ3) is 6.51. The van der Waals surface area contributed by atoms with Gasteiger partial charge in [-0.2, -0.15) is 13.2 Å². The summed E-state index contributed by atoms with van der Waals surface area (Å²) in [5, 5.41) is 2.82. The van der Waals surface area contributed by atoms with E-state index < -0.39 is 18.7 Å². The van der Waals surface area contributed by atoms with Crippen molar-refractivity contribution in [3.8, 4) is 5.75 Å². The van der Waals surface area contributed by atoms with Gasteiger partial charge in [-0.25, -0.2) is 0 Å². The Morgan fingerprint density at radius 1 is 1.03 bits per heavy atom. The highest BCUT2D eigenvalue weighted by Crippen LogP contribution is 2.22. The van der Waals surface area contributed by atoms with Crippen molar-refractivity contribution in [2.45, 2.75) is 26.9 Å². The molecule has 2 amide bonds. The largest absolute Gasteiger partial charge is 0.484 e. The highest BCUT2D eigenvalue weighted by molar-refractivity contribution is 5.99. The molecule has 0 radical (unpaired) electrons. The number of carbonyl (C=O) groups is 2. The number of nitrogens with zero attached hydrogens (tertiary/aromatic N) is 1. The molecule has 2 rings (SSSR count). The van der Waals surface area contributed by atoms with E-state index in [1.54, 1.807) is 0 Å². The Balaban J connectivity index is 1.97. The number of aryl methyl sites for hydroxylation is 3. The van der Waals surface area contributed by atoms with E-state index in [0.29, 0.717) is 5.69 Å². The zero-order chi connectivity index (χ0) is 21.8. The van der Waals surface area contributed by atoms with Gasteiger partial charge in [0.15, 0.2) is 6.61 Å². The van der Waals surface area contributed by atoms with Crippen molar-refractivity contribution in [1.82, 2.24) is 4.90 Å². The normalized spacial score (nSPS) is 11.1. The maximum Gasteiger partial charge on any atom is 0.422 e. The molecule has 8 heteroatoms. The number of ether oxygens (including phenoxy) is 1. The number of hydrogen-bond donors (Lipinski definition) is 1. The van der Waals surface area contributed by atoms with E-state index in [4.69, 9.17) is 0 Å². The van der Waals surface area contributed by atoms with Crippen LogP contribution in [0.15, 0.2) is 36.4 Å². The molecule has 0 bridgehead atoms. The number of likely N-dealkylation sites (N-methyl/N-ethyl adjacent to an activating group) is 1. The molecule has 0 spiro atoms. The molecule has 0 aliphatic carbocycles. The second kappa shape index (κ2) is 8.98. The van der Waals surface area contributed by atoms with Gasteiger partial charge in [0.25, 0.3) is 5.91 Å². The first-order valence-electron chi connectivity index (χ1n) is 8.89. The Bertz CT molecular complexity index is 870. The molecular formula is C21H23F3N2O3. The molecular weight excluding hydrogens is 385 g/mol. The van der Waals surface area contributed by atoms with Crippen molar-refractivity contribution in [3.63, 3.8) is 0 Å². The molecule has 2 aromatic carbocycles. The Labute approximate surface area is 167 Å². The standard InChI is InChI=1S/C21H23F3N2O3/c1-13-9-14(2)19(15(3)10-13)25-18(27)11-26(4)20(28)16-5-7-17(8-6-16)29-12-21(22,23)24/h5-10H,11-12H2,1-4H3,(H,25,27). The molecule has 1 N–H and O–H groups in total. The molecule has 0 saturated heterocycles. The summed E-state index contributed by atoms with van der Waals surface area (Å²) in [6.07, 6.45) is -4.43. The number of hydrogen-bond acceptors (Lipinski definition) is 3. The minimum absolute atomic E-state index is 0.00425. The van der Waals surface area contributed by atoms with Gasteiger partial charge >= 0.3 is 6.18 Å². The van der Waals surface area contributed by atoms with Crippen LogP contribution in [0.3, 0.4) is 0 Å². The highest BCUT2D eigenvalue weighted by Gasteiger charge is 2.28. The number of rotatable bonds is 6. The van der Waals surface area contributed by atoms with Gasteiger partial charge in [-0.1, -0.05) is 17.7 Å². The van der Waals surface area contributed by atoms with Crippen molar-refractivity contribution < 1.29 is 27.5 Å². The number of alkyl halides is 3. The third-order valence-corrected chi connectivity index (χ3v) is 4.17. The van der Waals surface area contributed by atoms with E-state index in [2.05, 4.69) is 10.1 Å². The Morgan fingerprint density at radius 3 is 2.10 bits per heavy atom. The zero-order valence-electron chi connectivity index (χ0n) is 16.7. The molecule has 2 aromatic rings. The zero-order valence-corrected chi connectivity index (χ0v) is 16.7. The van der Waals surface area contributed by atoms with Crippen molar-refractivity contribution >= 4 is 17.5 Å². The molecule has 0 heterocycles. The van der Waals surface area contributed by atoms with E-state index >= 15 is 0 Å². The van der Waals surface area contributed by atoms with Crippen LogP contribution in [0.2, 0.25) is 0 Å². The van der Waals surface area contributed by atoms with Crippen LogP contribution in [0.5, 0.6) is 5.75 Å². The molecule has 5 nitrogen and oxygen atoms in total. The van der Waals surface area contributed by atoms with Gasteiger partial charge in [0.05, 0.1) is 6.54 Å². The molecule has 0 aliphatic rings. The van der Waals surface area contributed by atoms with Crippen molar-refractivity contribution in [1.29, 1.82) is 0 Å². The predicted octanol–water partition coefficient (Wildman–Crippen LogP) is 4.26. The fourth-order valence-corrected chi connectivity index (χ4v) is 2.92. The lowest BCUT2D eigenvalue weighted by Gasteiger charge is -2.19. The van der Waals surface area contributed by atoms with Gasteiger partial charge in [0.1, 0.15) is 5.75 Å². The Hall–Kier alpha value is -3.03. The van der Waals surface area contributed by atoms with Crippen LogP contribution >= 0.6 is 0 Å². The summed E-state index contributed by atoms with van der Waals surface area (Å²) in [6.45, 7) is 4.19. The molecule has 0 atom stereocenters. The van der Waals surface area contributed by atoms with Crippen LogP contribution in [-0.4, -0.2) is 43.1 Å². The lowest BCUT2D eigenvalue weighted by molar-refractivity contribution is -0.153. The van der Waals surface area contributed by atoms with Gasteiger partial charge in [-0.15, -0.1) is 0 Å². The molecule has 0 aliphatic heterocycles. The van der Waals surface area contributed by atoms with Gasteiger partial charge < -0.3 is 15.0 Å². The van der Waals surface area contributed by atoms with E-state index in [-0.39, 0.29) is 23.8 Å². The molecule has 0 saturated carbocycles. The first kappa shape index (κ1) is 22.3. The second-order valence-corrected chi connectivity index (χ2v) is 6.91. The third-order valence-electron chi connectivity index (χ3n) is 4.17. The van der Waals surface area contributed by atoms with Crippen LogP contribution in [0.25, 0.3) is 0 Å². The van der Waals surface area contributed by atoms with E-state index in [9.17, 15) is 22.8 Å². The van der Waals surface area contributed by atoms with Crippen molar-refractivity contribution in [2.24, 2.45) is 0 Å². The van der Waals surface area contributed by atoms with Crippen LogP contribution in [0.4, 0.5) is 18.9 Å². The summed E-state index contributed by atoms with van der Waals surface area (Å²) in [5.74, 6) is -0.773. The number of anilines is 1. The maximum absolute atomic E-state index is 12.5. The number of carbonyl (C=O) groups excluding carboxylic acids is 2. The van der Waals surface area contributed by atoms with E-state index in [0.717, 1.165) is 16.7 Å². The van der Waals surface area contributed by atoms with Gasteiger partial charge in [-0.05, 0) is 56.2 Å². The van der Waals surface area contributed by atoms with Crippen LogP contribution in [0.1, 0.15) is 27.0 Å². The number of benzene rings is 2. The lowest BCUT2D eigenvalue weighted by atomic mass is 10.1. The molecule has 0 unspecified atom stereocenters. The fourth-order valence-electron chi connectivity index (χ4n) is 2.92. The van der Waals surface area contributed by atoms with Crippen LogP contribution < -0.4 is 10.1 Å². The Kier molecular flexibility index (Phi) is 6.89. The van der Waals surface area contributed by atoms with Gasteiger partial charge in [0.2, 0.25) is 5.91 Å². The molecule has 0 fully saturated rings. The van der Waals surface area contributed by atoms with E-state index in [1.807, 2.05) is 32.9 Å². The predicted molar refractivity (Wildman–Crippen MR) is 104 cm³/mol. The number of amides is 2. The van der Waals surface area contributed by atoms with Gasteiger partial charge in [-0.3, -0.25) is 9.59 Å². The smallest absolute Gasteiger partial charge is 0.422 e. The minimum Gasteiger partial charge on any atom is -0.484 e. The molecule has 0 aromatic heterocycles. The second-order valence-electron chi connectivity index (χ2n) is 6.91. The summed E-state index contributed by atoms with van der Waals surface area (Å²) in [4.78, 5) is 26.1. The number of halogens is 3. The number of nitrogens with one attached hydrogen (secondary N) is 1. The summed E-state index contributed by atoms with van der Waals surface area (Å²) in [7, 11) is 1.48. The highest BCUT2D eigenvalue weighted by atomic mass is 19.4. The minimum atomic E-state index is -4.43. The maximum atomic E-state index is 12.5. The summed E-state index contributed by atoms with van der Waals surface area (Å²) in [5.41, 5.74) is 3.90. The molecule has 156 valence electrons. The SMILES string of the molecule is Cc1cc(C)c(NC(=O)CN(C)C(=O)c2ccc(OCC(F)(F)F)cc2)c(C)c1. The summed E-state index contributed by atoms with van der Waals surface area (Å²) >= 11 is 0. The lowest BCUT2D eigenvalue weighted by Crippen LogP contribution is -2.35. The van der Waals surface area contributed by atoms with E-state index in [1.165, 1.54) is 36.2 Å². The topological polar surface area (TPSA) is 58.6 Å². The van der Waals surface area contributed by atoms with Crippen molar-refractivity contribution in [3.05, 3.63) is 58.7 Å². The van der Waals surface area contributed by atoms with Crippen LogP contribution in [0, 0.1) is 20.8 Å². The average molecular weight is 408 g/mol. The monoisotopic (exact) mass is 408 g/mol. The first-order valence-corrected chi connectivity index (χ1v) is 8.89. The Morgan fingerprint density at radius 2 is 1.59 bits per heavy atom. The quantitative estimate of drug-likeness (QED) is 0.777. The fraction of sp³-hybridized carbons (Fsp3) is 0.333. The average Bonchev–Trinajstić information content (AvgIpc) is 2.62. The summed E-state index contributed by atoms with van der Waals surface area (Å²) < 4.78 is 41.1. The van der Waals surface area contributed by atoms with Gasteiger partial charge in [0, 0.05) is 18.3 Å². The van der Waals surface area contributed by atoms with Crippen molar-refractivity contribution in [2.75, 3.05) is 25.5 Å².